The minimum absolute atomic E-state index is 0.163. The summed E-state index contributed by atoms with van der Waals surface area (Å²) in [6.07, 6.45) is 1.61. The van der Waals surface area contributed by atoms with Gasteiger partial charge in [-0.1, -0.05) is 42.5 Å². The number of rotatable bonds is 6. The van der Waals surface area contributed by atoms with Crippen molar-refractivity contribution in [2.24, 2.45) is 5.73 Å². The highest BCUT2D eigenvalue weighted by Gasteiger charge is 2.11. The van der Waals surface area contributed by atoms with E-state index in [4.69, 9.17) is 5.73 Å². The summed E-state index contributed by atoms with van der Waals surface area (Å²) in [4.78, 5) is 34.6. The lowest BCUT2D eigenvalue weighted by Gasteiger charge is -2.10. The summed E-state index contributed by atoms with van der Waals surface area (Å²) in [5.41, 5.74) is 7.41. The molecular weight excluding hydrogens is 332 g/mol. The Hall–Kier alpha value is -3.61. The van der Waals surface area contributed by atoms with E-state index in [1.807, 2.05) is 30.3 Å². The third kappa shape index (κ3) is 6.12. The van der Waals surface area contributed by atoms with Crippen LogP contribution in [0, 0.1) is 0 Å². The van der Waals surface area contributed by atoms with Crippen molar-refractivity contribution >= 4 is 29.6 Å². The number of anilines is 1. The van der Waals surface area contributed by atoms with Crippen LogP contribution in [0.3, 0.4) is 0 Å². The van der Waals surface area contributed by atoms with Gasteiger partial charge < -0.3 is 21.7 Å². The quantitative estimate of drug-likeness (QED) is 0.596. The standard InChI is InChI=1S/C19H20N4O3/c1-13(24)22-17(11-14-5-3-2-4-6-14)18(25)21-12-15-7-9-16(10-8-15)23-19(20)26/h2-11H,12H2,1H3,(H,21,25)(H,22,24)(H3,20,23,26)/b17-11-. The molecular formula is C19H20N4O3. The van der Waals surface area contributed by atoms with Gasteiger partial charge in [-0.2, -0.15) is 0 Å². The molecule has 0 aliphatic carbocycles. The Morgan fingerprint density at radius 2 is 1.65 bits per heavy atom. The van der Waals surface area contributed by atoms with Gasteiger partial charge >= 0.3 is 6.03 Å². The second-order valence-corrected chi connectivity index (χ2v) is 5.52. The molecule has 2 aromatic carbocycles. The van der Waals surface area contributed by atoms with Gasteiger partial charge in [0.05, 0.1) is 0 Å². The molecule has 0 saturated heterocycles. The van der Waals surface area contributed by atoms with Crippen molar-refractivity contribution in [1.82, 2.24) is 10.6 Å². The van der Waals surface area contributed by atoms with Crippen molar-refractivity contribution in [2.45, 2.75) is 13.5 Å². The predicted octanol–water partition coefficient (Wildman–Crippen LogP) is 1.97. The van der Waals surface area contributed by atoms with Gasteiger partial charge in [0, 0.05) is 19.2 Å². The maximum atomic E-state index is 12.4. The molecule has 0 fully saturated rings. The van der Waals surface area contributed by atoms with Crippen LogP contribution in [0.5, 0.6) is 0 Å². The Morgan fingerprint density at radius 3 is 2.23 bits per heavy atom. The Bertz CT molecular complexity index is 814. The average Bonchev–Trinajstić information content (AvgIpc) is 2.60. The van der Waals surface area contributed by atoms with E-state index in [1.54, 1.807) is 30.3 Å². The van der Waals surface area contributed by atoms with Gasteiger partial charge in [0.25, 0.3) is 5.91 Å². The fraction of sp³-hybridized carbons (Fsp3) is 0.105. The maximum absolute atomic E-state index is 12.4. The Balaban J connectivity index is 2.04. The largest absolute Gasteiger partial charge is 0.351 e. The molecule has 0 aromatic heterocycles. The number of hydrogen-bond donors (Lipinski definition) is 4. The van der Waals surface area contributed by atoms with Crippen LogP contribution in [-0.2, 0) is 16.1 Å². The third-order valence-corrected chi connectivity index (χ3v) is 3.34. The molecule has 4 amide bonds. The number of hydrogen-bond acceptors (Lipinski definition) is 3. The van der Waals surface area contributed by atoms with E-state index >= 15 is 0 Å². The molecule has 0 heterocycles. The minimum Gasteiger partial charge on any atom is -0.351 e. The zero-order valence-corrected chi connectivity index (χ0v) is 14.3. The molecule has 7 heteroatoms. The molecule has 5 N–H and O–H groups in total. The SMILES string of the molecule is CC(=O)N/C(=C\c1ccccc1)C(=O)NCc1ccc(NC(N)=O)cc1. The molecule has 26 heavy (non-hydrogen) atoms. The summed E-state index contributed by atoms with van der Waals surface area (Å²) in [5.74, 6) is -0.729. The highest BCUT2D eigenvalue weighted by atomic mass is 16.2. The first-order valence-corrected chi connectivity index (χ1v) is 7.92. The van der Waals surface area contributed by atoms with Gasteiger partial charge in [-0.15, -0.1) is 0 Å². The van der Waals surface area contributed by atoms with Gasteiger partial charge in [0.15, 0.2) is 0 Å². The van der Waals surface area contributed by atoms with Crippen LogP contribution in [0.4, 0.5) is 10.5 Å². The number of nitrogens with two attached hydrogens (primary N) is 1. The molecule has 0 unspecified atom stereocenters. The minimum atomic E-state index is -0.642. The first-order chi connectivity index (χ1) is 12.4. The lowest BCUT2D eigenvalue weighted by atomic mass is 10.1. The molecule has 2 aromatic rings. The van der Waals surface area contributed by atoms with Gasteiger partial charge in [-0.25, -0.2) is 4.79 Å². The second-order valence-electron chi connectivity index (χ2n) is 5.52. The smallest absolute Gasteiger partial charge is 0.316 e. The van der Waals surface area contributed by atoms with Crippen LogP contribution in [0.25, 0.3) is 6.08 Å². The summed E-state index contributed by atoms with van der Waals surface area (Å²) in [6, 6.07) is 15.5. The van der Waals surface area contributed by atoms with Gasteiger partial charge in [-0.05, 0) is 29.3 Å². The van der Waals surface area contributed by atoms with Gasteiger partial charge in [0.2, 0.25) is 5.91 Å². The highest BCUT2D eigenvalue weighted by molar-refractivity contribution is 6.00. The maximum Gasteiger partial charge on any atom is 0.316 e. The fourth-order valence-corrected chi connectivity index (χ4v) is 2.19. The van der Waals surface area contributed by atoms with E-state index in [9.17, 15) is 14.4 Å². The molecule has 134 valence electrons. The van der Waals surface area contributed by atoms with Crippen LogP contribution in [0.15, 0.2) is 60.3 Å². The topological polar surface area (TPSA) is 113 Å². The summed E-state index contributed by atoms with van der Waals surface area (Å²) < 4.78 is 0. The van der Waals surface area contributed by atoms with Crippen LogP contribution in [-0.4, -0.2) is 17.8 Å². The van der Waals surface area contributed by atoms with E-state index < -0.39 is 11.9 Å². The van der Waals surface area contributed by atoms with Crippen LogP contribution < -0.4 is 21.7 Å². The van der Waals surface area contributed by atoms with E-state index in [1.165, 1.54) is 6.92 Å². The summed E-state index contributed by atoms with van der Waals surface area (Å²) in [6.45, 7) is 1.61. The number of nitrogens with one attached hydrogen (secondary N) is 3. The lowest BCUT2D eigenvalue weighted by molar-refractivity contribution is -0.122. The zero-order valence-electron chi connectivity index (χ0n) is 14.3. The van der Waals surface area contributed by atoms with E-state index in [0.29, 0.717) is 5.69 Å². The summed E-state index contributed by atoms with van der Waals surface area (Å²) >= 11 is 0. The van der Waals surface area contributed by atoms with Crippen molar-refractivity contribution in [1.29, 1.82) is 0 Å². The highest BCUT2D eigenvalue weighted by Crippen LogP contribution is 2.10. The average molecular weight is 352 g/mol. The first-order valence-electron chi connectivity index (χ1n) is 7.92. The normalized spacial score (nSPS) is 10.7. The number of primary amides is 1. The number of benzene rings is 2. The van der Waals surface area contributed by atoms with Crippen molar-refractivity contribution in [2.75, 3.05) is 5.32 Å². The van der Waals surface area contributed by atoms with Crippen molar-refractivity contribution in [3.05, 3.63) is 71.4 Å². The van der Waals surface area contributed by atoms with Crippen molar-refractivity contribution in [3.8, 4) is 0 Å². The number of carbonyl (C=O) groups excluding carboxylic acids is 3. The third-order valence-electron chi connectivity index (χ3n) is 3.34. The monoisotopic (exact) mass is 352 g/mol. The van der Waals surface area contributed by atoms with E-state index in [0.717, 1.165) is 11.1 Å². The molecule has 0 bridgehead atoms. The van der Waals surface area contributed by atoms with Crippen LogP contribution in [0.2, 0.25) is 0 Å². The molecule has 0 aliphatic heterocycles. The molecule has 0 aliphatic rings. The van der Waals surface area contributed by atoms with Crippen molar-refractivity contribution < 1.29 is 14.4 Å². The number of carbonyl (C=O) groups is 3. The van der Waals surface area contributed by atoms with Gasteiger partial charge in [0.1, 0.15) is 5.70 Å². The molecule has 0 radical (unpaired) electrons. The summed E-state index contributed by atoms with van der Waals surface area (Å²) in [5, 5.41) is 7.75. The second kappa shape index (κ2) is 9.03. The van der Waals surface area contributed by atoms with E-state index in [-0.39, 0.29) is 18.1 Å². The lowest BCUT2D eigenvalue weighted by Crippen LogP contribution is -2.33. The Morgan fingerprint density at radius 1 is 1.00 bits per heavy atom. The molecule has 7 nitrogen and oxygen atoms in total. The Kier molecular flexibility index (Phi) is 6.50. The summed E-state index contributed by atoms with van der Waals surface area (Å²) in [7, 11) is 0. The predicted molar refractivity (Wildman–Crippen MR) is 99.7 cm³/mol. The molecule has 0 saturated carbocycles. The van der Waals surface area contributed by atoms with Crippen LogP contribution in [0.1, 0.15) is 18.1 Å². The van der Waals surface area contributed by atoms with Crippen LogP contribution >= 0.6 is 0 Å². The molecule has 0 atom stereocenters. The van der Waals surface area contributed by atoms with E-state index in [2.05, 4.69) is 16.0 Å². The van der Waals surface area contributed by atoms with Crippen molar-refractivity contribution in [3.63, 3.8) is 0 Å². The number of amides is 4. The molecule has 0 spiro atoms. The Labute approximate surface area is 151 Å². The number of urea groups is 1. The van der Waals surface area contributed by atoms with Gasteiger partial charge in [-0.3, -0.25) is 9.59 Å². The first kappa shape index (κ1) is 18.7. The molecule has 2 rings (SSSR count). The zero-order chi connectivity index (χ0) is 18.9. The fourth-order valence-electron chi connectivity index (χ4n) is 2.19.